The molecule has 3 saturated carbocycles. The average Bonchev–Trinajstić information content (AvgIpc) is 2.69. The van der Waals surface area contributed by atoms with E-state index in [1.807, 2.05) is 13.0 Å². The molecule has 0 amide bonds. The molecular formula is C20H30O3. The number of rotatable bonds is 0. The van der Waals surface area contributed by atoms with Crippen LogP contribution in [0.5, 0.6) is 0 Å². The van der Waals surface area contributed by atoms with E-state index in [4.69, 9.17) is 0 Å². The van der Waals surface area contributed by atoms with Gasteiger partial charge in [-0.25, -0.2) is 0 Å². The van der Waals surface area contributed by atoms with Gasteiger partial charge < -0.3 is 10.2 Å². The van der Waals surface area contributed by atoms with Crippen molar-refractivity contribution in [2.45, 2.75) is 71.0 Å². The Kier molecular flexibility index (Phi) is 3.39. The molecule has 0 heterocycles. The topological polar surface area (TPSA) is 57.5 Å². The van der Waals surface area contributed by atoms with Crippen LogP contribution in [0.3, 0.4) is 0 Å². The smallest absolute Gasteiger partial charge is 0.155 e. The van der Waals surface area contributed by atoms with Gasteiger partial charge in [0.05, 0.1) is 11.7 Å². The highest BCUT2D eigenvalue weighted by molar-refractivity contribution is 5.91. The van der Waals surface area contributed by atoms with Gasteiger partial charge in [-0.1, -0.05) is 19.4 Å². The van der Waals surface area contributed by atoms with Gasteiger partial charge >= 0.3 is 0 Å². The monoisotopic (exact) mass is 318 g/mol. The van der Waals surface area contributed by atoms with E-state index in [1.54, 1.807) is 0 Å². The van der Waals surface area contributed by atoms with Crippen molar-refractivity contribution in [3.63, 3.8) is 0 Å². The normalized spacial score (nSPS) is 55.7. The molecule has 4 aliphatic rings. The molecule has 8 atom stereocenters. The molecule has 3 nitrogen and oxygen atoms in total. The summed E-state index contributed by atoms with van der Waals surface area (Å²) in [5, 5.41) is 21.9. The molecule has 0 radical (unpaired) electrons. The number of aliphatic hydroxyl groups excluding tert-OH is 1. The molecule has 3 fully saturated rings. The number of hydrogen-bond acceptors (Lipinski definition) is 3. The summed E-state index contributed by atoms with van der Waals surface area (Å²) in [5.41, 5.74) is 0.472. The standard InChI is InChI=1S/C20H30O3/c1-11-8-15-16-6-7-20(3,23)19(16,2)10-17(22)18(15)13-5-4-12(21)9-14(11)13/h9,11,13,15-18,22-23H,4-8,10H2,1-3H3/t11-,13-,15-,16-,17-,18+,19-,20-/m0/s1. The van der Waals surface area contributed by atoms with Crippen LogP contribution in [-0.2, 0) is 4.79 Å². The molecule has 4 rings (SSSR count). The second kappa shape index (κ2) is 4.92. The lowest BCUT2D eigenvalue weighted by Crippen LogP contribution is -2.57. The Morgan fingerprint density at radius 3 is 2.74 bits per heavy atom. The van der Waals surface area contributed by atoms with Crippen LogP contribution in [0.2, 0.25) is 0 Å². The number of allylic oxidation sites excluding steroid dienone is 1. The van der Waals surface area contributed by atoms with E-state index in [2.05, 4.69) is 13.8 Å². The van der Waals surface area contributed by atoms with Crippen molar-refractivity contribution < 1.29 is 15.0 Å². The Labute approximate surface area is 139 Å². The summed E-state index contributed by atoms with van der Waals surface area (Å²) in [6.45, 7) is 6.42. The van der Waals surface area contributed by atoms with Crippen LogP contribution in [0.15, 0.2) is 11.6 Å². The number of ketones is 1. The fourth-order valence-corrected chi connectivity index (χ4v) is 6.81. The van der Waals surface area contributed by atoms with Gasteiger partial charge in [-0.3, -0.25) is 4.79 Å². The largest absolute Gasteiger partial charge is 0.393 e. The quantitative estimate of drug-likeness (QED) is 0.721. The maximum atomic E-state index is 11.9. The molecule has 0 saturated heterocycles. The zero-order chi connectivity index (χ0) is 16.6. The van der Waals surface area contributed by atoms with Crippen LogP contribution in [0, 0.1) is 35.0 Å². The van der Waals surface area contributed by atoms with Crippen LogP contribution < -0.4 is 0 Å². The van der Waals surface area contributed by atoms with Crippen molar-refractivity contribution in [1.29, 1.82) is 0 Å². The lowest BCUT2D eigenvalue weighted by molar-refractivity contribution is -0.155. The SMILES string of the molecule is C[C@H]1C[C@@H]2[C@H]([C@@H](O)C[C@@]3(C)[C@H]2CC[C@]3(C)O)[C@H]2CCC(=O)C=C12. The fourth-order valence-electron chi connectivity index (χ4n) is 6.81. The van der Waals surface area contributed by atoms with E-state index >= 15 is 0 Å². The summed E-state index contributed by atoms with van der Waals surface area (Å²) in [6.07, 6.45) is 6.79. The van der Waals surface area contributed by atoms with E-state index in [1.165, 1.54) is 5.57 Å². The molecule has 128 valence electrons. The molecule has 4 aliphatic carbocycles. The van der Waals surface area contributed by atoms with Crippen molar-refractivity contribution in [2.24, 2.45) is 35.0 Å². The number of aliphatic hydroxyl groups is 2. The molecule has 0 aromatic heterocycles. The number of carbonyl (C=O) groups excluding carboxylic acids is 1. The third-order valence-corrected chi connectivity index (χ3v) is 8.20. The minimum absolute atomic E-state index is 0.168. The number of carbonyl (C=O) groups is 1. The van der Waals surface area contributed by atoms with Crippen LogP contribution in [0.1, 0.15) is 59.3 Å². The van der Waals surface area contributed by atoms with Gasteiger partial charge in [0.25, 0.3) is 0 Å². The third kappa shape index (κ3) is 2.05. The van der Waals surface area contributed by atoms with Crippen molar-refractivity contribution >= 4 is 5.78 Å². The Morgan fingerprint density at radius 1 is 1.26 bits per heavy atom. The lowest BCUT2D eigenvalue weighted by Gasteiger charge is -2.58. The summed E-state index contributed by atoms with van der Waals surface area (Å²) in [7, 11) is 0. The van der Waals surface area contributed by atoms with Crippen molar-refractivity contribution in [3.05, 3.63) is 11.6 Å². The van der Waals surface area contributed by atoms with Gasteiger partial charge in [-0.15, -0.1) is 0 Å². The van der Waals surface area contributed by atoms with Crippen molar-refractivity contribution in [2.75, 3.05) is 0 Å². The Hall–Kier alpha value is -0.670. The van der Waals surface area contributed by atoms with Crippen molar-refractivity contribution in [3.8, 4) is 0 Å². The van der Waals surface area contributed by atoms with Crippen LogP contribution >= 0.6 is 0 Å². The van der Waals surface area contributed by atoms with Gasteiger partial charge in [-0.05, 0) is 74.7 Å². The van der Waals surface area contributed by atoms with Crippen LogP contribution in [-0.4, -0.2) is 27.7 Å². The molecule has 2 N–H and O–H groups in total. The zero-order valence-corrected chi connectivity index (χ0v) is 14.6. The highest BCUT2D eigenvalue weighted by atomic mass is 16.3. The molecule has 0 aromatic carbocycles. The van der Waals surface area contributed by atoms with Gasteiger partial charge in [0.1, 0.15) is 0 Å². The molecule has 0 bridgehead atoms. The van der Waals surface area contributed by atoms with Gasteiger partial charge in [0, 0.05) is 11.8 Å². The first kappa shape index (κ1) is 15.8. The summed E-state index contributed by atoms with van der Waals surface area (Å²) >= 11 is 0. The summed E-state index contributed by atoms with van der Waals surface area (Å²) < 4.78 is 0. The second-order valence-electron chi connectivity index (χ2n) is 9.24. The van der Waals surface area contributed by atoms with Gasteiger partial charge in [-0.2, -0.15) is 0 Å². The molecule has 0 spiro atoms. The third-order valence-electron chi connectivity index (χ3n) is 8.20. The van der Waals surface area contributed by atoms with Crippen LogP contribution in [0.25, 0.3) is 0 Å². The van der Waals surface area contributed by atoms with E-state index in [0.29, 0.717) is 36.5 Å². The molecule has 0 unspecified atom stereocenters. The molecule has 3 heteroatoms. The predicted octanol–water partition coefficient (Wildman–Crippen LogP) is 3.10. The van der Waals surface area contributed by atoms with E-state index < -0.39 is 5.60 Å². The average molecular weight is 318 g/mol. The lowest BCUT2D eigenvalue weighted by atomic mass is 9.48. The highest BCUT2D eigenvalue weighted by Gasteiger charge is 2.63. The van der Waals surface area contributed by atoms with Gasteiger partial charge in [0.15, 0.2) is 5.78 Å². The Bertz CT molecular complexity index is 563. The second-order valence-corrected chi connectivity index (χ2v) is 9.24. The minimum atomic E-state index is -0.661. The minimum Gasteiger partial charge on any atom is -0.393 e. The summed E-state index contributed by atoms with van der Waals surface area (Å²) in [6, 6.07) is 0. The van der Waals surface area contributed by atoms with Gasteiger partial charge in [0.2, 0.25) is 0 Å². The molecule has 0 aromatic rings. The Morgan fingerprint density at radius 2 is 2.00 bits per heavy atom. The highest BCUT2D eigenvalue weighted by Crippen LogP contribution is 2.65. The summed E-state index contributed by atoms with van der Waals surface area (Å²) in [4.78, 5) is 11.9. The first-order valence-corrected chi connectivity index (χ1v) is 9.39. The Balaban J connectivity index is 1.73. The molecular weight excluding hydrogens is 288 g/mol. The van der Waals surface area contributed by atoms with Crippen molar-refractivity contribution in [1.82, 2.24) is 0 Å². The van der Waals surface area contributed by atoms with E-state index in [9.17, 15) is 15.0 Å². The first-order valence-electron chi connectivity index (χ1n) is 9.39. The van der Waals surface area contributed by atoms with E-state index in [0.717, 1.165) is 25.7 Å². The molecule has 23 heavy (non-hydrogen) atoms. The summed E-state index contributed by atoms with van der Waals surface area (Å²) in [5.74, 6) is 2.37. The zero-order valence-electron chi connectivity index (χ0n) is 14.6. The maximum Gasteiger partial charge on any atom is 0.155 e. The van der Waals surface area contributed by atoms with Crippen LogP contribution in [0.4, 0.5) is 0 Å². The first-order chi connectivity index (χ1) is 10.7. The number of hydrogen-bond donors (Lipinski definition) is 2. The number of fused-ring (bicyclic) bond motifs is 5. The molecule has 0 aliphatic heterocycles. The van der Waals surface area contributed by atoms with E-state index in [-0.39, 0.29) is 23.2 Å². The predicted molar refractivity (Wildman–Crippen MR) is 88.7 cm³/mol. The fraction of sp³-hybridized carbons (Fsp3) is 0.850. The maximum absolute atomic E-state index is 11.9.